The maximum Gasteiger partial charge on any atom is 0.191 e. The van der Waals surface area contributed by atoms with Crippen LogP contribution in [0.15, 0.2) is 29.3 Å². The van der Waals surface area contributed by atoms with Crippen LogP contribution in [0.3, 0.4) is 0 Å². The highest BCUT2D eigenvalue weighted by molar-refractivity contribution is 14.0. The second-order valence-corrected chi connectivity index (χ2v) is 6.64. The zero-order chi connectivity index (χ0) is 18.0. The lowest BCUT2D eigenvalue weighted by Gasteiger charge is -2.22. The largest absolute Gasteiger partial charge is 0.486 e. The predicted octanol–water partition coefficient (Wildman–Crippen LogP) is 3.15. The molecule has 25 heavy (non-hydrogen) atoms. The Morgan fingerprint density at radius 1 is 1.20 bits per heavy atom. The molecule has 0 bridgehead atoms. The van der Waals surface area contributed by atoms with E-state index in [9.17, 15) is 4.39 Å². The van der Waals surface area contributed by atoms with Crippen LogP contribution < -0.4 is 20.7 Å². The summed E-state index contributed by atoms with van der Waals surface area (Å²) in [5, 5.41) is 9.87. The van der Waals surface area contributed by atoms with E-state index in [2.05, 4.69) is 41.7 Å². The van der Waals surface area contributed by atoms with Gasteiger partial charge >= 0.3 is 0 Å². The van der Waals surface area contributed by atoms with Crippen molar-refractivity contribution in [3.05, 3.63) is 30.1 Å². The third kappa shape index (κ3) is 10.5. The maximum atomic E-state index is 13.7. The number of rotatable bonds is 8. The number of aliphatic imine (C=N–C) groups is 1. The van der Waals surface area contributed by atoms with Crippen molar-refractivity contribution in [2.24, 2.45) is 4.99 Å². The first-order valence-corrected chi connectivity index (χ1v) is 8.46. The Kier molecular flexibility index (Phi) is 11.8. The van der Waals surface area contributed by atoms with Crippen molar-refractivity contribution in [1.82, 2.24) is 16.0 Å². The zero-order valence-corrected chi connectivity index (χ0v) is 18.2. The molecule has 7 heteroatoms. The van der Waals surface area contributed by atoms with Gasteiger partial charge in [-0.3, -0.25) is 4.99 Å². The smallest absolute Gasteiger partial charge is 0.191 e. The molecule has 0 saturated heterocycles. The molecule has 1 unspecified atom stereocenters. The Labute approximate surface area is 168 Å². The highest BCUT2D eigenvalue weighted by Crippen LogP contribution is 2.17. The topological polar surface area (TPSA) is 57.7 Å². The zero-order valence-electron chi connectivity index (χ0n) is 15.9. The third-order valence-corrected chi connectivity index (χ3v) is 3.38. The van der Waals surface area contributed by atoms with Gasteiger partial charge in [-0.25, -0.2) is 4.39 Å². The summed E-state index contributed by atoms with van der Waals surface area (Å²) in [6.07, 6.45) is 0.636. The molecule has 1 atom stereocenters. The fourth-order valence-corrected chi connectivity index (χ4v) is 2.04. The van der Waals surface area contributed by atoms with Crippen LogP contribution in [0.4, 0.5) is 4.39 Å². The van der Waals surface area contributed by atoms with Crippen LogP contribution in [0.1, 0.15) is 34.1 Å². The highest BCUT2D eigenvalue weighted by atomic mass is 127. The fraction of sp³-hybridized carbons (Fsp3) is 0.611. The summed E-state index contributed by atoms with van der Waals surface area (Å²) in [5.74, 6) is 0.650. The standard InChI is InChI=1S/C18H31FN4O.HI/c1-6-14(24-16-10-8-7-9-15(16)19)13-22-17(20-5)21-11-12-23-18(2,3)4;/h7-10,14,23H,6,11-13H2,1-5H3,(H2,20,21,22);1H. The van der Waals surface area contributed by atoms with E-state index in [4.69, 9.17) is 4.74 Å². The van der Waals surface area contributed by atoms with Gasteiger partial charge in [0, 0.05) is 25.7 Å². The van der Waals surface area contributed by atoms with Gasteiger partial charge in [0.15, 0.2) is 17.5 Å². The predicted molar refractivity (Wildman–Crippen MR) is 114 cm³/mol. The minimum atomic E-state index is -0.341. The Bertz CT molecular complexity index is 520. The lowest BCUT2D eigenvalue weighted by Crippen LogP contribution is -2.46. The van der Waals surface area contributed by atoms with Crippen LogP contribution in [0.5, 0.6) is 5.75 Å². The molecule has 0 aliphatic carbocycles. The van der Waals surface area contributed by atoms with Gasteiger partial charge in [-0.05, 0) is 39.3 Å². The molecule has 0 spiro atoms. The Morgan fingerprint density at radius 3 is 2.44 bits per heavy atom. The second-order valence-electron chi connectivity index (χ2n) is 6.64. The SMILES string of the molecule is CCC(CNC(=NC)NCCNC(C)(C)C)Oc1ccccc1F.I. The third-order valence-electron chi connectivity index (χ3n) is 3.38. The molecule has 0 aromatic heterocycles. The number of hydrogen-bond acceptors (Lipinski definition) is 3. The van der Waals surface area contributed by atoms with E-state index in [0.717, 1.165) is 19.5 Å². The molecule has 0 amide bonds. The summed E-state index contributed by atoms with van der Waals surface area (Å²) >= 11 is 0. The summed E-state index contributed by atoms with van der Waals surface area (Å²) in [6.45, 7) is 10.6. The van der Waals surface area contributed by atoms with E-state index in [1.807, 2.05) is 6.92 Å². The van der Waals surface area contributed by atoms with Gasteiger partial charge in [-0.1, -0.05) is 19.1 Å². The summed E-state index contributed by atoms with van der Waals surface area (Å²) < 4.78 is 19.4. The summed E-state index contributed by atoms with van der Waals surface area (Å²) in [4.78, 5) is 4.19. The number of benzene rings is 1. The number of ether oxygens (including phenoxy) is 1. The Hall–Kier alpha value is -1.09. The molecule has 0 fully saturated rings. The van der Waals surface area contributed by atoms with Gasteiger partial charge in [-0.2, -0.15) is 0 Å². The van der Waals surface area contributed by atoms with E-state index in [0.29, 0.717) is 12.5 Å². The molecule has 1 rings (SSSR count). The van der Waals surface area contributed by atoms with E-state index in [1.54, 1.807) is 25.2 Å². The highest BCUT2D eigenvalue weighted by Gasteiger charge is 2.12. The monoisotopic (exact) mass is 466 g/mol. The van der Waals surface area contributed by atoms with Gasteiger partial charge in [0.1, 0.15) is 6.10 Å². The van der Waals surface area contributed by atoms with Crippen molar-refractivity contribution in [3.8, 4) is 5.75 Å². The lowest BCUT2D eigenvalue weighted by molar-refractivity contribution is 0.191. The van der Waals surface area contributed by atoms with E-state index in [1.165, 1.54) is 6.07 Å². The summed E-state index contributed by atoms with van der Waals surface area (Å²) in [5.41, 5.74) is 0.0968. The van der Waals surface area contributed by atoms with Gasteiger partial charge in [0.25, 0.3) is 0 Å². The molecule has 0 heterocycles. The minimum absolute atomic E-state index is 0. The van der Waals surface area contributed by atoms with Crippen molar-refractivity contribution in [1.29, 1.82) is 0 Å². The number of hydrogen-bond donors (Lipinski definition) is 3. The number of halogens is 2. The number of nitrogens with zero attached hydrogens (tertiary/aromatic N) is 1. The Balaban J connectivity index is 0.00000576. The average Bonchev–Trinajstić information content (AvgIpc) is 2.53. The molecular formula is C18H32FIN4O. The molecule has 0 radical (unpaired) electrons. The molecule has 1 aromatic carbocycles. The summed E-state index contributed by atoms with van der Waals surface area (Å²) in [7, 11) is 1.73. The van der Waals surface area contributed by atoms with Crippen molar-refractivity contribution >= 4 is 29.9 Å². The maximum absolute atomic E-state index is 13.7. The molecule has 1 aromatic rings. The quantitative estimate of drug-likeness (QED) is 0.239. The molecule has 5 nitrogen and oxygen atoms in total. The van der Waals surface area contributed by atoms with Crippen molar-refractivity contribution in [2.45, 2.75) is 45.8 Å². The molecule has 0 saturated carbocycles. The number of guanidine groups is 1. The molecular weight excluding hydrogens is 434 g/mol. The normalized spacial score (nSPS) is 13.0. The van der Waals surface area contributed by atoms with Crippen LogP contribution in [0.2, 0.25) is 0 Å². The second kappa shape index (κ2) is 12.3. The molecule has 3 N–H and O–H groups in total. The fourth-order valence-electron chi connectivity index (χ4n) is 2.04. The van der Waals surface area contributed by atoms with Crippen LogP contribution in [0, 0.1) is 5.82 Å². The minimum Gasteiger partial charge on any atom is -0.486 e. The molecule has 144 valence electrons. The first kappa shape index (κ1) is 23.9. The van der Waals surface area contributed by atoms with Crippen LogP contribution >= 0.6 is 24.0 Å². The molecule has 0 aliphatic rings. The van der Waals surface area contributed by atoms with Crippen molar-refractivity contribution in [2.75, 3.05) is 26.7 Å². The lowest BCUT2D eigenvalue weighted by atomic mass is 10.1. The van der Waals surface area contributed by atoms with Crippen LogP contribution in [0.25, 0.3) is 0 Å². The van der Waals surface area contributed by atoms with Gasteiger partial charge in [-0.15, -0.1) is 24.0 Å². The average molecular weight is 466 g/mol. The van der Waals surface area contributed by atoms with Crippen LogP contribution in [-0.4, -0.2) is 44.3 Å². The number of para-hydroxylation sites is 1. The summed E-state index contributed by atoms with van der Waals surface area (Å²) in [6, 6.07) is 6.46. The Morgan fingerprint density at radius 2 is 1.88 bits per heavy atom. The molecule has 0 aliphatic heterocycles. The van der Waals surface area contributed by atoms with Gasteiger partial charge in [0.2, 0.25) is 0 Å². The van der Waals surface area contributed by atoms with E-state index in [-0.39, 0.29) is 47.2 Å². The van der Waals surface area contributed by atoms with Gasteiger partial charge in [0.05, 0.1) is 6.54 Å². The van der Waals surface area contributed by atoms with Gasteiger partial charge < -0.3 is 20.7 Å². The number of nitrogens with one attached hydrogen (secondary N) is 3. The van der Waals surface area contributed by atoms with Crippen molar-refractivity contribution in [3.63, 3.8) is 0 Å². The first-order chi connectivity index (χ1) is 11.4. The van der Waals surface area contributed by atoms with Crippen molar-refractivity contribution < 1.29 is 9.13 Å². The van der Waals surface area contributed by atoms with E-state index >= 15 is 0 Å². The first-order valence-electron chi connectivity index (χ1n) is 8.46. The van der Waals surface area contributed by atoms with E-state index < -0.39 is 0 Å². The van der Waals surface area contributed by atoms with Crippen LogP contribution in [-0.2, 0) is 0 Å².